The average Bonchev–Trinajstić information content (AvgIpc) is 2.93. The summed E-state index contributed by atoms with van der Waals surface area (Å²) in [5, 5.41) is 0. The quantitative estimate of drug-likeness (QED) is 0.0583. The minimum Gasteiger partial charge on any atom is -0.303 e. The van der Waals surface area contributed by atoms with Gasteiger partial charge in [0.2, 0.25) is 0 Å². The summed E-state index contributed by atoms with van der Waals surface area (Å²) in [6, 6.07) is 0. The van der Waals surface area contributed by atoms with Crippen molar-refractivity contribution in [2.45, 2.75) is 232 Å². The smallest absolute Gasteiger partial charge is 0.119 e. The molecule has 0 heterocycles. The summed E-state index contributed by atoms with van der Waals surface area (Å²) in [7, 11) is 0. The molecule has 0 aromatic carbocycles. The minimum absolute atomic E-state index is 0.764. The Bertz CT molecular complexity index is 404. The van der Waals surface area contributed by atoms with E-state index in [0.717, 1.165) is 19.1 Å². The maximum absolute atomic E-state index is 10.3. The molecule has 0 aliphatic heterocycles. The first kappa shape index (κ1) is 37.7. The summed E-state index contributed by atoms with van der Waals surface area (Å²) in [6.45, 7) is 2.31. The molecule has 0 aliphatic carbocycles. The van der Waals surface area contributed by atoms with Crippen molar-refractivity contribution in [3.8, 4) is 0 Å². The third kappa shape index (κ3) is 35.7. The van der Waals surface area contributed by atoms with Gasteiger partial charge in [0.25, 0.3) is 0 Å². The maximum atomic E-state index is 10.3. The number of rotatable bonds is 35. The first-order valence-corrected chi connectivity index (χ1v) is 18.4. The second kappa shape index (κ2) is 36.7. The molecule has 0 N–H and O–H groups in total. The fourth-order valence-electron chi connectivity index (χ4n) is 5.96. The molecule has 0 spiro atoms. The topological polar surface area (TPSA) is 17.1 Å². The Morgan fingerprint density at radius 3 is 0.579 bits per heavy atom. The molecular formula is C37H74O. The van der Waals surface area contributed by atoms with Crippen molar-refractivity contribution in [2.75, 3.05) is 0 Å². The van der Waals surface area contributed by atoms with Gasteiger partial charge in [-0.25, -0.2) is 0 Å². The third-order valence-electron chi connectivity index (χ3n) is 8.68. The highest BCUT2D eigenvalue weighted by molar-refractivity contribution is 5.48. The number of carbonyl (C=O) groups is 1. The van der Waals surface area contributed by atoms with Crippen LogP contribution < -0.4 is 0 Å². The number of carbonyl (C=O) groups excluding carboxylic acids is 1. The molecule has 0 bridgehead atoms. The van der Waals surface area contributed by atoms with Crippen LogP contribution in [0.4, 0.5) is 0 Å². The highest BCUT2D eigenvalue weighted by Crippen LogP contribution is 2.17. The zero-order chi connectivity index (χ0) is 27.5. The standard InChI is InChI=1S/C37H74O/c1-2-3-4-5-6-7-8-9-10-11-12-13-14-15-16-17-18-19-20-21-22-23-24-25-26-27-28-29-30-31-32-33-34-35-36-37-38/h37H,2-36H2,1H3. The molecular weight excluding hydrogens is 460 g/mol. The fourth-order valence-corrected chi connectivity index (χ4v) is 5.96. The van der Waals surface area contributed by atoms with Crippen molar-refractivity contribution in [1.82, 2.24) is 0 Å². The van der Waals surface area contributed by atoms with Gasteiger partial charge in [0.15, 0.2) is 0 Å². The molecule has 0 aromatic rings. The monoisotopic (exact) mass is 535 g/mol. The lowest BCUT2D eigenvalue weighted by Crippen LogP contribution is -1.85. The maximum Gasteiger partial charge on any atom is 0.119 e. The molecule has 0 aliphatic rings. The average molecular weight is 535 g/mol. The van der Waals surface area contributed by atoms with Crippen LogP contribution in [-0.2, 0) is 4.79 Å². The van der Waals surface area contributed by atoms with Crippen LogP contribution in [0.15, 0.2) is 0 Å². The normalized spacial score (nSPS) is 11.4. The van der Waals surface area contributed by atoms with Gasteiger partial charge in [-0.3, -0.25) is 0 Å². The van der Waals surface area contributed by atoms with Crippen LogP contribution in [0.25, 0.3) is 0 Å². The van der Waals surface area contributed by atoms with Gasteiger partial charge in [0.05, 0.1) is 0 Å². The first-order valence-electron chi connectivity index (χ1n) is 18.4. The molecule has 0 unspecified atom stereocenters. The summed E-state index contributed by atoms with van der Waals surface area (Å²) in [5.41, 5.74) is 0. The summed E-state index contributed by atoms with van der Waals surface area (Å²) in [4.78, 5) is 10.3. The lowest BCUT2D eigenvalue weighted by Gasteiger charge is -2.05. The van der Waals surface area contributed by atoms with Crippen LogP contribution in [0.2, 0.25) is 0 Å². The second-order valence-electron chi connectivity index (χ2n) is 12.6. The van der Waals surface area contributed by atoms with Crippen LogP contribution in [0.1, 0.15) is 232 Å². The molecule has 1 nitrogen and oxygen atoms in total. The molecule has 0 saturated heterocycles. The molecule has 0 amide bonds. The second-order valence-corrected chi connectivity index (χ2v) is 12.6. The lowest BCUT2D eigenvalue weighted by molar-refractivity contribution is -0.107. The Kier molecular flexibility index (Phi) is 36.4. The predicted molar refractivity (Wildman–Crippen MR) is 173 cm³/mol. The molecule has 0 rings (SSSR count). The van der Waals surface area contributed by atoms with E-state index in [1.54, 1.807) is 0 Å². The van der Waals surface area contributed by atoms with Crippen LogP contribution >= 0.6 is 0 Å². The largest absolute Gasteiger partial charge is 0.303 e. The van der Waals surface area contributed by atoms with E-state index in [0.29, 0.717) is 0 Å². The van der Waals surface area contributed by atoms with E-state index in [9.17, 15) is 4.79 Å². The SMILES string of the molecule is CCCCCCCCCCCCCCCCCCCCCCCCCCCCCCCCCCCCC=O. The van der Waals surface area contributed by atoms with Crippen LogP contribution in [-0.4, -0.2) is 6.29 Å². The van der Waals surface area contributed by atoms with E-state index in [-0.39, 0.29) is 0 Å². The molecule has 228 valence electrons. The number of hydrogen-bond donors (Lipinski definition) is 0. The Labute approximate surface area is 242 Å². The van der Waals surface area contributed by atoms with Crippen molar-refractivity contribution in [2.24, 2.45) is 0 Å². The van der Waals surface area contributed by atoms with Crippen molar-refractivity contribution < 1.29 is 4.79 Å². The molecule has 0 fully saturated rings. The number of aldehydes is 1. The van der Waals surface area contributed by atoms with Crippen molar-refractivity contribution in [1.29, 1.82) is 0 Å². The van der Waals surface area contributed by atoms with Gasteiger partial charge >= 0.3 is 0 Å². The highest BCUT2D eigenvalue weighted by Gasteiger charge is 1.97. The van der Waals surface area contributed by atoms with E-state index >= 15 is 0 Å². The zero-order valence-electron chi connectivity index (χ0n) is 26.7. The summed E-state index contributed by atoms with van der Waals surface area (Å²) < 4.78 is 0. The number of unbranched alkanes of at least 4 members (excludes halogenated alkanes) is 34. The summed E-state index contributed by atoms with van der Waals surface area (Å²) in [5.74, 6) is 0. The predicted octanol–water partition coefficient (Wildman–Crippen LogP) is 13.9. The van der Waals surface area contributed by atoms with Gasteiger partial charge in [-0.1, -0.05) is 219 Å². The highest BCUT2D eigenvalue weighted by atomic mass is 16.1. The van der Waals surface area contributed by atoms with Gasteiger partial charge in [0, 0.05) is 6.42 Å². The van der Waals surface area contributed by atoms with Crippen LogP contribution in [0.5, 0.6) is 0 Å². The zero-order valence-corrected chi connectivity index (χ0v) is 26.7. The molecule has 0 radical (unpaired) electrons. The first-order chi connectivity index (χ1) is 18.9. The summed E-state index contributed by atoms with van der Waals surface area (Å²) >= 11 is 0. The van der Waals surface area contributed by atoms with Crippen LogP contribution in [0.3, 0.4) is 0 Å². The van der Waals surface area contributed by atoms with Crippen molar-refractivity contribution >= 4 is 6.29 Å². The van der Waals surface area contributed by atoms with Gasteiger partial charge in [-0.05, 0) is 6.42 Å². The van der Waals surface area contributed by atoms with E-state index in [2.05, 4.69) is 6.92 Å². The summed E-state index contributed by atoms with van der Waals surface area (Å²) in [6.07, 6.45) is 50.9. The fraction of sp³-hybridized carbons (Fsp3) is 0.973. The van der Waals surface area contributed by atoms with Gasteiger partial charge in [0.1, 0.15) is 6.29 Å². The van der Waals surface area contributed by atoms with Crippen LogP contribution in [0, 0.1) is 0 Å². The van der Waals surface area contributed by atoms with E-state index in [4.69, 9.17) is 0 Å². The van der Waals surface area contributed by atoms with E-state index in [1.165, 1.54) is 212 Å². The molecule has 0 atom stereocenters. The van der Waals surface area contributed by atoms with Gasteiger partial charge < -0.3 is 4.79 Å². The Morgan fingerprint density at radius 2 is 0.421 bits per heavy atom. The van der Waals surface area contributed by atoms with Crippen molar-refractivity contribution in [3.05, 3.63) is 0 Å². The lowest BCUT2D eigenvalue weighted by atomic mass is 10.0. The van der Waals surface area contributed by atoms with Crippen molar-refractivity contribution in [3.63, 3.8) is 0 Å². The number of hydrogen-bond acceptors (Lipinski definition) is 1. The van der Waals surface area contributed by atoms with Gasteiger partial charge in [-0.15, -0.1) is 0 Å². The third-order valence-corrected chi connectivity index (χ3v) is 8.68. The van der Waals surface area contributed by atoms with E-state index < -0.39 is 0 Å². The van der Waals surface area contributed by atoms with Gasteiger partial charge in [-0.2, -0.15) is 0 Å². The Morgan fingerprint density at radius 1 is 0.263 bits per heavy atom. The molecule has 1 heteroatoms. The molecule has 38 heavy (non-hydrogen) atoms. The molecule has 0 aromatic heterocycles. The molecule has 0 saturated carbocycles. The Balaban J connectivity index is 3.01. The Hall–Kier alpha value is -0.330. The minimum atomic E-state index is 0.764. The van der Waals surface area contributed by atoms with E-state index in [1.807, 2.05) is 0 Å².